The summed E-state index contributed by atoms with van der Waals surface area (Å²) in [6.07, 6.45) is 3.11. The van der Waals surface area contributed by atoms with E-state index in [4.69, 9.17) is 0 Å². The average molecular weight is 87.1 g/mol. The summed E-state index contributed by atoms with van der Waals surface area (Å²) in [7, 11) is 0. The fourth-order valence-electron chi connectivity index (χ4n) is 0.428. The maximum absolute atomic E-state index is 11.8. The Kier molecular flexibility index (Phi) is 0.783. The van der Waals surface area contributed by atoms with E-state index in [1.807, 2.05) is 0 Å². The lowest BCUT2D eigenvalue weighted by molar-refractivity contribution is 0.320. The zero-order chi connectivity index (χ0) is 4.41. The van der Waals surface area contributed by atoms with E-state index in [2.05, 4.69) is 5.32 Å². The van der Waals surface area contributed by atoms with Crippen molar-refractivity contribution in [3.63, 3.8) is 0 Å². The van der Waals surface area contributed by atoms with Gasteiger partial charge < -0.3 is 5.32 Å². The van der Waals surface area contributed by atoms with Crippen molar-refractivity contribution >= 4 is 0 Å². The second-order valence-corrected chi connectivity index (χ2v) is 1.27. The van der Waals surface area contributed by atoms with Crippen LogP contribution in [-0.4, -0.2) is 6.30 Å². The molecule has 1 rings (SSSR count). The van der Waals surface area contributed by atoms with E-state index < -0.39 is 6.30 Å². The first-order valence-corrected chi connectivity index (χ1v) is 1.95. The van der Waals surface area contributed by atoms with Crippen molar-refractivity contribution in [3.8, 4) is 0 Å². The second kappa shape index (κ2) is 1.29. The standard InChI is InChI=1S/C4H6FN/c5-4-2-1-3-6-4/h1,3-4,6H,2H2. The Morgan fingerprint density at radius 3 is 2.83 bits per heavy atom. The zero-order valence-corrected chi connectivity index (χ0v) is 3.32. The molecule has 0 bridgehead atoms. The lowest BCUT2D eigenvalue weighted by Crippen LogP contribution is -2.10. The molecule has 34 valence electrons. The summed E-state index contributed by atoms with van der Waals surface area (Å²) in [6, 6.07) is 0. The fourth-order valence-corrected chi connectivity index (χ4v) is 0.428. The maximum Gasteiger partial charge on any atom is 0.173 e. The first kappa shape index (κ1) is 3.65. The molecule has 0 aliphatic carbocycles. The quantitative estimate of drug-likeness (QED) is 0.431. The number of hydrogen-bond acceptors (Lipinski definition) is 1. The molecule has 1 heterocycles. The highest BCUT2D eigenvalue weighted by Gasteiger charge is 2.02. The van der Waals surface area contributed by atoms with E-state index in [-0.39, 0.29) is 0 Å². The Hall–Kier alpha value is -0.530. The van der Waals surface area contributed by atoms with Crippen molar-refractivity contribution in [1.82, 2.24) is 5.32 Å². The maximum atomic E-state index is 11.8. The number of nitrogens with one attached hydrogen (secondary N) is 1. The van der Waals surface area contributed by atoms with Crippen LogP contribution in [0.2, 0.25) is 0 Å². The highest BCUT2D eigenvalue weighted by atomic mass is 19.1. The Bertz CT molecular complexity index is 61.9. The molecule has 0 spiro atoms. The Balaban J connectivity index is 2.32. The van der Waals surface area contributed by atoms with Gasteiger partial charge in [0.25, 0.3) is 0 Å². The molecule has 1 unspecified atom stereocenters. The fraction of sp³-hybridized carbons (Fsp3) is 0.500. The smallest absolute Gasteiger partial charge is 0.173 e. The molecule has 0 amide bonds. The number of rotatable bonds is 0. The van der Waals surface area contributed by atoms with Gasteiger partial charge in [-0.1, -0.05) is 6.08 Å². The van der Waals surface area contributed by atoms with Gasteiger partial charge in [-0.15, -0.1) is 0 Å². The molecule has 0 aromatic heterocycles. The van der Waals surface area contributed by atoms with Gasteiger partial charge in [-0.25, -0.2) is 4.39 Å². The number of halogens is 1. The van der Waals surface area contributed by atoms with E-state index in [1.54, 1.807) is 12.3 Å². The largest absolute Gasteiger partial charge is 0.362 e. The molecule has 0 aromatic carbocycles. The van der Waals surface area contributed by atoms with Gasteiger partial charge in [0.15, 0.2) is 6.30 Å². The third-order valence-corrected chi connectivity index (χ3v) is 0.738. The summed E-state index contributed by atoms with van der Waals surface area (Å²) in [5.74, 6) is 0. The van der Waals surface area contributed by atoms with Crippen LogP contribution in [0.4, 0.5) is 4.39 Å². The van der Waals surface area contributed by atoms with Crippen LogP contribution in [0.25, 0.3) is 0 Å². The monoisotopic (exact) mass is 87.0 g/mol. The number of alkyl halides is 1. The molecular weight excluding hydrogens is 81.0 g/mol. The minimum atomic E-state index is -0.815. The van der Waals surface area contributed by atoms with Crippen molar-refractivity contribution in [1.29, 1.82) is 0 Å². The van der Waals surface area contributed by atoms with Gasteiger partial charge in [-0.3, -0.25) is 0 Å². The van der Waals surface area contributed by atoms with Gasteiger partial charge >= 0.3 is 0 Å². The van der Waals surface area contributed by atoms with Gasteiger partial charge in [0.1, 0.15) is 0 Å². The first-order chi connectivity index (χ1) is 2.89. The van der Waals surface area contributed by atoms with Gasteiger partial charge in [-0.2, -0.15) is 0 Å². The van der Waals surface area contributed by atoms with Crippen molar-refractivity contribution < 1.29 is 4.39 Å². The second-order valence-electron chi connectivity index (χ2n) is 1.27. The molecule has 6 heavy (non-hydrogen) atoms. The average Bonchev–Trinajstić information content (AvgIpc) is 1.86. The predicted octanol–water partition coefficient (Wildman–Crippen LogP) is 0.789. The molecular formula is C4H6FN. The highest BCUT2D eigenvalue weighted by Crippen LogP contribution is 1.99. The van der Waals surface area contributed by atoms with E-state index in [0.717, 1.165) is 0 Å². The number of hydrogen-bond donors (Lipinski definition) is 1. The minimum absolute atomic E-state index is 0.528. The van der Waals surface area contributed by atoms with Gasteiger partial charge in [-0.05, 0) is 6.20 Å². The van der Waals surface area contributed by atoms with Gasteiger partial charge in [0.05, 0.1) is 0 Å². The molecule has 0 aromatic rings. The molecule has 1 aliphatic heterocycles. The van der Waals surface area contributed by atoms with E-state index >= 15 is 0 Å². The Morgan fingerprint density at radius 1 is 1.83 bits per heavy atom. The minimum Gasteiger partial charge on any atom is -0.362 e. The topological polar surface area (TPSA) is 12.0 Å². The summed E-state index contributed by atoms with van der Waals surface area (Å²) >= 11 is 0. The summed E-state index contributed by atoms with van der Waals surface area (Å²) in [5.41, 5.74) is 0. The molecule has 1 nitrogen and oxygen atoms in total. The SMILES string of the molecule is FC1CC=CN1. The first-order valence-electron chi connectivity index (χ1n) is 1.95. The van der Waals surface area contributed by atoms with Crippen LogP contribution < -0.4 is 5.32 Å². The van der Waals surface area contributed by atoms with Crippen LogP contribution in [0.5, 0.6) is 0 Å². The highest BCUT2D eigenvalue weighted by molar-refractivity contribution is 4.89. The van der Waals surface area contributed by atoms with Crippen LogP contribution in [0.3, 0.4) is 0 Å². The molecule has 0 radical (unpaired) electrons. The van der Waals surface area contributed by atoms with Crippen LogP contribution in [-0.2, 0) is 0 Å². The molecule has 0 saturated heterocycles. The summed E-state index contributed by atoms with van der Waals surface area (Å²) < 4.78 is 11.8. The lowest BCUT2D eigenvalue weighted by atomic mass is 10.5. The Labute approximate surface area is 35.9 Å². The van der Waals surface area contributed by atoms with Crippen LogP contribution in [0, 0.1) is 0 Å². The van der Waals surface area contributed by atoms with E-state index in [1.165, 1.54) is 0 Å². The third kappa shape index (κ3) is 0.506. The molecule has 1 atom stereocenters. The van der Waals surface area contributed by atoms with Crippen molar-refractivity contribution in [2.45, 2.75) is 12.7 Å². The third-order valence-electron chi connectivity index (χ3n) is 0.738. The van der Waals surface area contributed by atoms with E-state index in [0.29, 0.717) is 6.42 Å². The van der Waals surface area contributed by atoms with Crippen LogP contribution >= 0.6 is 0 Å². The molecule has 0 fully saturated rings. The van der Waals surface area contributed by atoms with Crippen molar-refractivity contribution in [2.75, 3.05) is 0 Å². The van der Waals surface area contributed by atoms with Crippen LogP contribution in [0.1, 0.15) is 6.42 Å². The summed E-state index contributed by atoms with van der Waals surface area (Å²) in [4.78, 5) is 0. The van der Waals surface area contributed by atoms with Gasteiger partial charge in [0, 0.05) is 6.42 Å². The van der Waals surface area contributed by atoms with Crippen LogP contribution in [0.15, 0.2) is 12.3 Å². The van der Waals surface area contributed by atoms with Crippen molar-refractivity contribution in [3.05, 3.63) is 12.3 Å². The molecule has 1 aliphatic rings. The normalized spacial score (nSPS) is 30.5. The Morgan fingerprint density at radius 2 is 2.67 bits per heavy atom. The zero-order valence-electron chi connectivity index (χ0n) is 3.32. The lowest BCUT2D eigenvalue weighted by Gasteiger charge is -1.92. The van der Waals surface area contributed by atoms with Gasteiger partial charge in [0.2, 0.25) is 0 Å². The summed E-state index contributed by atoms with van der Waals surface area (Å²) in [6.45, 7) is 0. The predicted molar refractivity (Wildman–Crippen MR) is 21.8 cm³/mol. The molecule has 0 saturated carbocycles. The summed E-state index contributed by atoms with van der Waals surface area (Å²) in [5, 5.41) is 2.47. The van der Waals surface area contributed by atoms with E-state index in [9.17, 15) is 4.39 Å². The molecule has 1 N–H and O–H groups in total. The molecule has 2 heteroatoms. The van der Waals surface area contributed by atoms with Crippen molar-refractivity contribution in [2.24, 2.45) is 0 Å².